The number of primary amides is 1. The summed E-state index contributed by atoms with van der Waals surface area (Å²) in [6, 6.07) is 21.4. The molecule has 0 saturated carbocycles. The third-order valence-electron chi connectivity index (χ3n) is 6.28. The Balaban J connectivity index is 1.39. The molecule has 7 heteroatoms. The second-order valence-corrected chi connectivity index (χ2v) is 9.07. The van der Waals surface area contributed by atoms with Crippen molar-refractivity contribution in [2.24, 2.45) is 5.73 Å². The molecule has 0 unspecified atom stereocenters. The molecular weight excluding hydrogens is 440 g/mol. The summed E-state index contributed by atoms with van der Waals surface area (Å²) >= 11 is 0. The highest BCUT2D eigenvalue weighted by atomic mass is 16.2. The standard InChI is InChI=1S/C28H30N4O3/c1-18(2)19-8-12-24(13-9-19)31-28(35)32-16-4-7-25(32)27(34)30-23-14-10-20(11-15-23)21-5-3-6-22(17-21)26(29)33/h3,5-6,8-15,17-18,25H,4,7,16H2,1-2H3,(H2,29,33)(H,30,34)(H,31,35)/t25-/m1/s1. The van der Waals surface area contributed by atoms with Crippen LogP contribution < -0.4 is 16.4 Å². The van der Waals surface area contributed by atoms with E-state index < -0.39 is 11.9 Å². The summed E-state index contributed by atoms with van der Waals surface area (Å²) in [5, 5.41) is 5.84. The predicted molar refractivity (Wildman–Crippen MR) is 138 cm³/mol. The van der Waals surface area contributed by atoms with Crippen LogP contribution in [0.4, 0.5) is 16.2 Å². The molecule has 1 aliphatic rings. The third kappa shape index (κ3) is 5.69. The molecule has 0 aliphatic carbocycles. The van der Waals surface area contributed by atoms with E-state index in [-0.39, 0.29) is 11.9 Å². The van der Waals surface area contributed by atoms with Gasteiger partial charge in [-0.25, -0.2) is 4.79 Å². The second-order valence-electron chi connectivity index (χ2n) is 9.07. The van der Waals surface area contributed by atoms with Crippen LogP contribution in [-0.4, -0.2) is 35.3 Å². The number of likely N-dealkylation sites (tertiary alicyclic amines) is 1. The minimum Gasteiger partial charge on any atom is -0.366 e. The van der Waals surface area contributed by atoms with Crippen molar-refractivity contribution in [1.29, 1.82) is 0 Å². The van der Waals surface area contributed by atoms with Crippen molar-refractivity contribution in [2.75, 3.05) is 17.2 Å². The van der Waals surface area contributed by atoms with E-state index in [2.05, 4.69) is 24.5 Å². The Labute approximate surface area is 205 Å². The van der Waals surface area contributed by atoms with Crippen LogP contribution in [-0.2, 0) is 4.79 Å². The molecule has 1 heterocycles. The van der Waals surface area contributed by atoms with Gasteiger partial charge in [0, 0.05) is 23.5 Å². The number of anilines is 2. The fourth-order valence-corrected chi connectivity index (χ4v) is 4.25. The van der Waals surface area contributed by atoms with E-state index in [4.69, 9.17) is 5.73 Å². The average molecular weight is 471 g/mol. The van der Waals surface area contributed by atoms with Gasteiger partial charge in [0.2, 0.25) is 11.8 Å². The predicted octanol–water partition coefficient (Wildman–Crippen LogP) is 5.21. The number of amides is 4. The van der Waals surface area contributed by atoms with Crippen molar-refractivity contribution in [3.05, 3.63) is 83.9 Å². The molecule has 0 bridgehead atoms. The number of urea groups is 1. The van der Waals surface area contributed by atoms with Crippen LogP contribution >= 0.6 is 0 Å². The van der Waals surface area contributed by atoms with Crippen molar-refractivity contribution in [3.63, 3.8) is 0 Å². The van der Waals surface area contributed by atoms with Crippen LogP contribution in [0.3, 0.4) is 0 Å². The van der Waals surface area contributed by atoms with E-state index in [0.717, 1.165) is 17.5 Å². The number of carbonyl (C=O) groups excluding carboxylic acids is 3. The molecule has 3 aromatic rings. The minimum atomic E-state index is -0.531. The minimum absolute atomic E-state index is 0.212. The van der Waals surface area contributed by atoms with Crippen LogP contribution in [0.2, 0.25) is 0 Å². The van der Waals surface area contributed by atoms with Crippen LogP contribution in [0, 0.1) is 0 Å². The van der Waals surface area contributed by atoms with Gasteiger partial charge in [0.15, 0.2) is 0 Å². The van der Waals surface area contributed by atoms with E-state index in [1.54, 1.807) is 35.2 Å². The first-order chi connectivity index (χ1) is 16.8. The number of carbonyl (C=O) groups is 3. The maximum absolute atomic E-state index is 13.0. The van der Waals surface area contributed by atoms with E-state index in [0.29, 0.717) is 35.8 Å². The van der Waals surface area contributed by atoms with Gasteiger partial charge in [0.1, 0.15) is 6.04 Å². The molecule has 35 heavy (non-hydrogen) atoms. The number of nitrogens with two attached hydrogens (primary N) is 1. The van der Waals surface area contributed by atoms with Gasteiger partial charge in [0.05, 0.1) is 0 Å². The van der Waals surface area contributed by atoms with Gasteiger partial charge in [-0.05, 0) is 71.8 Å². The SMILES string of the molecule is CC(C)c1ccc(NC(=O)N2CCC[C@@H]2C(=O)Nc2ccc(-c3cccc(C(N)=O)c3)cc2)cc1. The quantitative estimate of drug-likeness (QED) is 0.460. The maximum Gasteiger partial charge on any atom is 0.322 e. The molecule has 4 rings (SSSR count). The summed E-state index contributed by atoms with van der Waals surface area (Å²) in [6.45, 7) is 4.77. The molecular formula is C28H30N4O3. The number of benzene rings is 3. The third-order valence-corrected chi connectivity index (χ3v) is 6.28. The van der Waals surface area contributed by atoms with Gasteiger partial charge in [-0.3, -0.25) is 9.59 Å². The van der Waals surface area contributed by atoms with Gasteiger partial charge >= 0.3 is 6.03 Å². The van der Waals surface area contributed by atoms with E-state index in [1.807, 2.05) is 42.5 Å². The van der Waals surface area contributed by atoms with Gasteiger partial charge < -0.3 is 21.3 Å². The van der Waals surface area contributed by atoms with Crippen molar-refractivity contribution >= 4 is 29.2 Å². The number of nitrogens with zero attached hydrogens (tertiary/aromatic N) is 1. The zero-order valence-corrected chi connectivity index (χ0v) is 20.0. The Morgan fingerprint density at radius 1 is 0.886 bits per heavy atom. The summed E-state index contributed by atoms with van der Waals surface area (Å²) < 4.78 is 0. The Morgan fingerprint density at radius 2 is 1.54 bits per heavy atom. The molecule has 0 radical (unpaired) electrons. The van der Waals surface area contributed by atoms with Crippen LogP contribution in [0.1, 0.15) is 48.5 Å². The molecule has 4 N–H and O–H groups in total. The topological polar surface area (TPSA) is 105 Å². The molecule has 1 saturated heterocycles. The van der Waals surface area contributed by atoms with Gasteiger partial charge in [-0.2, -0.15) is 0 Å². The first-order valence-corrected chi connectivity index (χ1v) is 11.8. The van der Waals surface area contributed by atoms with E-state index in [9.17, 15) is 14.4 Å². The summed E-state index contributed by atoms with van der Waals surface area (Å²) in [5.41, 5.74) is 10.1. The fraction of sp³-hybridized carbons (Fsp3) is 0.250. The smallest absolute Gasteiger partial charge is 0.322 e. The largest absolute Gasteiger partial charge is 0.366 e. The highest BCUT2D eigenvalue weighted by Crippen LogP contribution is 2.25. The van der Waals surface area contributed by atoms with Crippen LogP contribution in [0.5, 0.6) is 0 Å². The zero-order valence-electron chi connectivity index (χ0n) is 20.0. The van der Waals surface area contributed by atoms with Crippen LogP contribution in [0.15, 0.2) is 72.8 Å². The summed E-state index contributed by atoms with van der Waals surface area (Å²) in [5.74, 6) is -0.273. The molecule has 1 aliphatic heterocycles. The zero-order chi connectivity index (χ0) is 24.9. The second kappa shape index (κ2) is 10.4. The Bertz CT molecular complexity index is 1220. The van der Waals surface area contributed by atoms with Crippen LogP contribution in [0.25, 0.3) is 11.1 Å². The Hall–Kier alpha value is -4.13. The molecule has 180 valence electrons. The monoisotopic (exact) mass is 470 g/mol. The normalized spacial score (nSPS) is 15.2. The number of rotatable bonds is 6. The Morgan fingerprint density at radius 3 is 2.20 bits per heavy atom. The molecule has 3 aromatic carbocycles. The number of hydrogen-bond donors (Lipinski definition) is 3. The maximum atomic E-state index is 13.0. The lowest BCUT2D eigenvalue weighted by molar-refractivity contribution is -0.119. The lowest BCUT2D eigenvalue weighted by atomic mass is 10.0. The lowest BCUT2D eigenvalue weighted by Crippen LogP contribution is -2.45. The van der Waals surface area contributed by atoms with Gasteiger partial charge in [0.25, 0.3) is 0 Å². The molecule has 0 aromatic heterocycles. The van der Waals surface area contributed by atoms with E-state index in [1.165, 1.54) is 5.56 Å². The van der Waals surface area contributed by atoms with Gasteiger partial charge in [-0.15, -0.1) is 0 Å². The van der Waals surface area contributed by atoms with Crippen molar-refractivity contribution in [3.8, 4) is 11.1 Å². The molecule has 0 spiro atoms. The number of hydrogen-bond acceptors (Lipinski definition) is 3. The highest BCUT2D eigenvalue weighted by Gasteiger charge is 2.34. The summed E-state index contributed by atoms with van der Waals surface area (Å²) in [6.07, 6.45) is 1.39. The van der Waals surface area contributed by atoms with Crippen molar-refractivity contribution in [1.82, 2.24) is 4.90 Å². The first kappa shape index (κ1) is 24.0. The summed E-state index contributed by atoms with van der Waals surface area (Å²) in [4.78, 5) is 38.9. The summed E-state index contributed by atoms with van der Waals surface area (Å²) in [7, 11) is 0. The average Bonchev–Trinajstić information content (AvgIpc) is 3.35. The van der Waals surface area contributed by atoms with Crippen molar-refractivity contribution in [2.45, 2.75) is 38.6 Å². The highest BCUT2D eigenvalue weighted by molar-refractivity contribution is 6.00. The lowest BCUT2D eigenvalue weighted by Gasteiger charge is -2.24. The Kier molecular flexibility index (Phi) is 7.15. The molecule has 1 fully saturated rings. The van der Waals surface area contributed by atoms with Gasteiger partial charge in [-0.1, -0.05) is 50.2 Å². The van der Waals surface area contributed by atoms with Crippen molar-refractivity contribution < 1.29 is 14.4 Å². The first-order valence-electron chi connectivity index (χ1n) is 11.8. The molecule has 1 atom stereocenters. The molecule has 7 nitrogen and oxygen atoms in total. The fourth-order valence-electron chi connectivity index (χ4n) is 4.25. The number of nitrogens with one attached hydrogen (secondary N) is 2. The van der Waals surface area contributed by atoms with E-state index >= 15 is 0 Å². The molecule has 4 amide bonds.